The average Bonchev–Trinajstić information content (AvgIpc) is 3.45. The number of aliphatic carboxylic acids is 1. The van der Waals surface area contributed by atoms with E-state index < -0.39 is 18.0 Å². The highest BCUT2D eigenvalue weighted by molar-refractivity contribution is 5.79. The zero-order valence-corrected chi connectivity index (χ0v) is 19.9. The molecule has 2 amide bonds. The number of hydrogen-bond donors (Lipinski definition) is 3. The van der Waals surface area contributed by atoms with Gasteiger partial charge in [0.1, 0.15) is 6.61 Å². The van der Waals surface area contributed by atoms with Gasteiger partial charge in [-0.25, -0.2) is 4.79 Å². The van der Waals surface area contributed by atoms with Crippen LogP contribution in [-0.2, 0) is 19.1 Å². The zero-order chi connectivity index (χ0) is 24.8. The number of carbonyl (C=O) groups is 3. The molecule has 2 aromatic rings. The van der Waals surface area contributed by atoms with Crippen LogP contribution in [0.4, 0.5) is 4.79 Å². The van der Waals surface area contributed by atoms with Gasteiger partial charge in [0, 0.05) is 24.9 Å². The van der Waals surface area contributed by atoms with Crippen LogP contribution in [0.5, 0.6) is 0 Å². The Balaban J connectivity index is 1.14. The fraction of sp³-hybridized carbons (Fsp3) is 0.444. The van der Waals surface area contributed by atoms with Gasteiger partial charge in [-0.2, -0.15) is 0 Å². The van der Waals surface area contributed by atoms with Crippen molar-refractivity contribution in [3.63, 3.8) is 0 Å². The van der Waals surface area contributed by atoms with Crippen molar-refractivity contribution in [2.45, 2.75) is 50.7 Å². The van der Waals surface area contributed by atoms with E-state index in [1.54, 1.807) is 0 Å². The lowest BCUT2D eigenvalue weighted by Crippen LogP contribution is -2.34. The summed E-state index contributed by atoms with van der Waals surface area (Å²) in [5.41, 5.74) is 4.71. The molecule has 1 aliphatic carbocycles. The molecule has 3 atom stereocenters. The highest BCUT2D eigenvalue weighted by Gasteiger charge is 2.31. The van der Waals surface area contributed by atoms with Crippen molar-refractivity contribution in [3.8, 4) is 11.1 Å². The van der Waals surface area contributed by atoms with Crippen LogP contribution < -0.4 is 10.6 Å². The number of nitrogens with one attached hydrogen (secondary N) is 2. The molecule has 3 N–H and O–H groups in total. The van der Waals surface area contributed by atoms with E-state index in [1.165, 1.54) is 22.3 Å². The van der Waals surface area contributed by atoms with E-state index in [-0.39, 0.29) is 37.2 Å². The summed E-state index contributed by atoms with van der Waals surface area (Å²) in [7, 11) is 0. The van der Waals surface area contributed by atoms with Gasteiger partial charge < -0.3 is 25.2 Å². The number of amides is 2. The third-order valence-electron chi connectivity index (χ3n) is 6.71. The van der Waals surface area contributed by atoms with Crippen LogP contribution in [-0.4, -0.2) is 55.0 Å². The minimum Gasteiger partial charge on any atom is -0.481 e. The first kappa shape index (κ1) is 24.7. The summed E-state index contributed by atoms with van der Waals surface area (Å²) in [6, 6.07) is 16.3. The normalized spacial score (nSPS) is 19.5. The Labute approximate surface area is 205 Å². The van der Waals surface area contributed by atoms with Crippen LogP contribution in [0.15, 0.2) is 48.5 Å². The Kier molecular flexibility index (Phi) is 8.02. The molecule has 1 heterocycles. The molecule has 0 bridgehead atoms. The minimum absolute atomic E-state index is 0.0155. The van der Waals surface area contributed by atoms with Gasteiger partial charge in [0.25, 0.3) is 0 Å². The van der Waals surface area contributed by atoms with Crippen LogP contribution in [0.1, 0.15) is 49.7 Å². The monoisotopic (exact) mass is 480 g/mol. The van der Waals surface area contributed by atoms with Crippen molar-refractivity contribution in [2.75, 3.05) is 19.8 Å². The lowest BCUT2D eigenvalue weighted by atomic mass is 9.98. The van der Waals surface area contributed by atoms with Gasteiger partial charge in [-0.15, -0.1) is 0 Å². The largest absolute Gasteiger partial charge is 0.481 e. The van der Waals surface area contributed by atoms with E-state index in [2.05, 4.69) is 34.9 Å². The van der Waals surface area contributed by atoms with Crippen molar-refractivity contribution in [2.24, 2.45) is 5.92 Å². The zero-order valence-electron chi connectivity index (χ0n) is 19.9. The number of alkyl carbamates (subject to hydrolysis) is 1. The molecule has 0 saturated carbocycles. The molecule has 1 fully saturated rings. The van der Waals surface area contributed by atoms with Crippen LogP contribution in [0, 0.1) is 5.92 Å². The number of carboxylic acid groups (broad SMARTS) is 1. The summed E-state index contributed by atoms with van der Waals surface area (Å²) in [5, 5.41) is 14.6. The van der Waals surface area contributed by atoms with E-state index >= 15 is 0 Å². The summed E-state index contributed by atoms with van der Waals surface area (Å²) < 4.78 is 11.0. The Morgan fingerprint density at radius 3 is 2.37 bits per heavy atom. The number of hydrogen-bond acceptors (Lipinski definition) is 5. The third-order valence-corrected chi connectivity index (χ3v) is 6.71. The van der Waals surface area contributed by atoms with Crippen LogP contribution in [0.25, 0.3) is 11.1 Å². The summed E-state index contributed by atoms with van der Waals surface area (Å²) in [6.45, 7) is 2.66. The van der Waals surface area contributed by atoms with Crippen LogP contribution in [0.3, 0.4) is 0 Å². The van der Waals surface area contributed by atoms with Gasteiger partial charge in [-0.3, -0.25) is 9.59 Å². The topological polar surface area (TPSA) is 114 Å². The Bertz CT molecular complexity index is 1030. The fourth-order valence-corrected chi connectivity index (χ4v) is 4.82. The van der Waals surface area contributed by atoms with Crippen molar-refractivity contribution < 1.29 is 29.0 Å². The van der Waals surface area contributed by atoms with Crippen molar-refractivity contribution in [1.82, 2.24) is 10.6 Å². The predicted molar refractivity (Wildman–Crippen MR) is 130 cm³/mol. The van der Waals surface area contributed by atoms with Crippen LogP contribution in [0.2, 0.25) is 0 Å². The lowest BCUT2D eigenvalue weighted by molar-refractivity contribution is -0.141. The Hall–Kier alpha value is -3.39. The molecular weight excluding hydrogens is 448 g/mol. The SMILES string of the molecule is CC(CCCC(=O)NC[C@H]1C[C@@H](C(=O)O)CO1)NC(=O)OCC1c2ccccc2-c2ccccc21. The van der Waals surface area contributed by atoms with E-state index in [4.69, 9.17) is 14.6 Å². The summed E-state index contributed by atoms with van der Waals surface area (Å²) in [4.78, 5) is 35.4. The first-order valence-corrected chi connectivity index (χ1v) is 12.1. The average molecular weight is 481 g/mol. The molecule has 0 aromatic heterocycles. The molecule has 8 nitrogen and oxygen atoms in total. The number of benzene rings is 2. The molecule has 2 aliphatic rings. The molecule has 186 valence electrons. The number of rotatable bonds is 10. The molecule has 8 heteroatoms. The molecule has 1 unspecified atom stereocenters. The van der Waals surface area contributed by atoms with E-state index in [0.29, 0.717) is 32.2 Å². The number of fused-ring (bicyclic) bond motifs is 3. The lowest BCUT2D eigenvalue weighted by Gasteiger charge is -2.17. The maximum absolute atomic E-state index is 12.4. The van der Waals surface area contributed by atoms with Crippen molar-refractivity contribution >= 4 is 18.0 Å². The first-order chi connectivity index (χ1) is 16.9. The highest BCUT2D eigenvalue weighted by atomic mass is 16.5. The van der Waals surface area contributed by atoms with Crippen molar-refractivity contribution in [3.05, 3.63) is 59.7 Å². The molecule has 0 spiro atoms. The summed E-state index contributed by atoms with van der Waals surface area (Å²) in [5.74, 6) is -1.46. The second-order valence-electron chi connectivity index (χ2n) is 9.29. The quantitative estimate of drug-likeness (QED) is 0.478. The maximum atomic E-state index is 12.4. The Morgan fingerprint density at radius 2 is 1.74 bits per heavy atom. The molecule has 4 rings (SSSR count). The van der Waals surface area contributed by atoms with E-state index in [9.17, 15) is 14.4 Å². The Morgan fingerprint density at radius 1 is 1.09 bits per heavy atom. The summed E-state index contributed by atoms with van der Waals surface area (Å²) in [6.07, 6.45) is 1.27. The van der Waals surface area contributed by atoms with Crippen LogP contribution >= 0.6 is 0 Å². The molecule has 1 aliphatic heterocycles. The number of carbonyl (C=O) groups excluding carboxylic acids is 2. The first-order valence-electron chi connectivity index (χ1n) is 12.1. The molecule has 0 radical (unpaired) electrons. The van der Waals surface area contributed by atoms with Gasteiger partial charge in [0.05, 0.1) is 18.6 Å². The smallest absolute Gasteiger partial charge is 0.407 e. The van der Waals surface area contributed by atoms with Gasteiger partial charge in [-0.1, -0.05) is 48.5 Å². The predicted octanol–water partition coefficient (Wildman–Crippen LogP) is 3.69. The van der Waals surface area contributed by atoms with E-state index in [1.807, 2.05) is 31.2 Å². The van der Waals surface area contributed by atoms with E-state index in [0.717, 1.165) is 0 Å². The molecule has 35 heavy (non-hydrogen) atoms. The standard InChI is InChI=1S/C27H32N2O6/c1-17(7-6-12-25(30)28-14-19-13-18(15-34-19)26(31)32)29-27(33)35-16-24-22-10-4-2-8-20(22)21-9-3-5-11-23(21)24/h2-5,8-11,17-19,24H,6-7,12-16H2,1H3,(H,28,30)(H,29,33)(H,31,32)/t17?,18-,19-/m1/s1. The molecule has 2 aromatic carbocycles. The number of ether oxygens (including phenoxy) is 2. The maximum Gasteiger partial charge on any atom is 0.407 e. The second-order valence-corrected chi connectivity index (χ2v) is 9.29. The molecule has 1 saturated heterocycles. The van der Waals surface area contributed by atoms with Gasteiger partial charge >= 0.3 is 12.1 Å². The number of carboxylic acids is 1. The molecular formula is C27H32N2O6. The summed E-state index contributed by atoms with van der Waals surface area (Å²) >= 11 is 0. The van der Waals surface area contributed by atoms with Gasteiger partial charge in [-0.05, 0) is 48.4 Å². The fourth-order valence-electron chi connectivity index (χ4n) is 4.82. The third kappa shape index (κ3) is 6.19. The minimum atomic E-state index is -0.864. The van der Waals surface area contributed by atoms with Gasteiger partial charge in [0.2, 0.25) is 5.91 Å². The highest BCUT2D eigenvalue weighted by Crippen LogP contribution is 2.44. The van der Waals surface area contributed by atoms with Gasteiger partial charge in [0.15, 0.2) is 0 Å². The van der Waals surface area contributed by atoms with Crippen molar-refractivity contribution in [1.29, 1.82) is 0 Å². The second kappa shape index (κ2) is 11.4.